The molecule has 0 radical (unpaired) electrons. The first-order chi connectivity index (χ1) is 15.0. The molecule has 156 valence electrons. The van der Waals surface area contributed by atoms with E-state index in [0.717, 1.165) is 38.0 Å². The number of hydrogen-bond donors (Lipinski definition) is 0. The highest BCUT2D eigenvalue weighted by molar-refractivity contribution is 9.10. The van der Waals surface area contributed by atoms with E-state index < -0.39 is 11.9 Å². The molecule has 0 spiro atoms. The number of rotatable bonds is 4. The Bertz CT molecular complexity index is 1200. The largest absolute Gasteiger partial charge is 0.497 e. The van der Waals surface area contributed by atoms with E-state index in [1.54, 1.807) is 13.2 Å². The van der Waals surface area contributed by atoms with Gasteiger partial charge in [0.2, 0.25) is 5.91 Å². The molecule has 2 aliphatic heterocycles. The summed E-state index contributed by atoms with van der Waals surface area (Å²) < 4.78 is 11.1. The monoisotopic (exact) mass is 477 g/mol. The number of esters is 1. The molecule has 1 aliphatic carbocycles. The Kier molecular flexibility index (Phi) is 4.82. The summed E-state index contributed by atoms with van der Waals surface area (Å²) in [5.74, 6) is -0.0244. The number of carbonyl (C=O) groups is 2. The van der Waals surface area contributed by atoms with Gasteiger partial charge in [-0.3, -0.25) is 4.79 Å². The number of nitrogens with zero attached hydrogens (tertiary/aromatic N) is 1. The molecule has 2 atom stereocenters. The number of hydrogen-bond acceptors (Lipinski definition) is 4. The van der Waals surface area contributed by atoms with Gasteiger partial charge in [-0.2, -0.15) is 0 Å². The van der Waals surface area contributed by atoms with Crippen molar-refractivity contribution in [2.75, 3.05) is 14.2 Å². The van der Waals surface area contributed by atoms with E-state index in [1.165, 1.54) is 7.11 Å². The maximum Gasteiger partial charge on any atom is 0.337 e. The number of halogens is 1. The van der Waals surface area contributed by atoms with Gasteiger partial charge in [0.25, 0.3) is 0 Å². The van der Waals surface area contributed by atoms with Crippen molar-refractivity contribution in [3.8, 4) is 5.75 Å². The van der Waals surface area contributed by atoms with E-state index in [4.69, 9.17) is 9.47 Å². The van der Waals surface area contributed by atoms with Gasteiger partial charge in [0.1, 0.15) is 5.75 Å². The van der Waals surface area contributed by atoms with Crippen LogP contribution >= 0.6 is 15.9 Å². The normalized spacial score (nSPS) is 18.4. The van der Waals surface area contributed by atoms with Crippen molar-refractivity contribution in [1.82, 2.24) is 4.90 Å². The summed E-state index contributed by atoms with van der Waals surface area (Å²) in [5.41, 5.74) is 5.55. The van der Waals surface area contributed by atoms with Gasteiger partial charge in [0.05, 0.1) is 31.7 Å². The highest BCUT2D eigenvalue weighted by Crippen LogP contribution is 2.52. The van der Waals surface area contributed by atoms with E-state index in [-0.39, 0.29) is 11.9 Å². The quantitative estimate of drug-likeness (QED) is 0.505. The molecule has 6 heteroatoms. The highest BCUT2D eigenvalue weighted by Gasteiger charge is 2.47. The Morgan fingerprint density at radius 3 is 2.29 bits per heavy atom. The first-order valence-corrected chi connectivity index (χ1v) is 10.8. The number of benzene rings is 3. The SMILES string of the molecule is COC(=O)c1ccc2c(c1)C1C(=O)N(Cc3ccc(OC)cc3)C2c2ccc(Br)cc21. The molecular formula is C25H20BrNO4. The van der Waals surface area contributed by atoms with Crippen molar-refractivity contribution in [2.45, 2.75) is 18.5 Å². The van der Waals surface area contributed by atoms with Crippen LogP contribution in [0.3, 0.4) is 0 Å². The average Bonchev–Trinajstić information content (AvgIpc) is 2.80. The molecule has 0 saturated heterocycles. The van der Waals surface area contributed by atoms with E-state index in [0.29, 0.717) is 12.1 Å². The third-order valence-electron chi connectivity index (χ3n) is 6.12. The van der Waals surface area contributed by atoms with Crippen molar-refractivity contribution in [3.63, 3.8) is 0 Å². The molecule has 5 nitrogen and oxygen atoms in total. The number of ether oxygens (including phenoxy) is 2. The van der Waals surface area contributed by atoms with Gasteiger partial charge in [-0.05, 0) is 64.2 Å². The fourth-order valence-corrected chi connectivity index (χ4v) is 5.07. The summed E-state index contributed by atoms with van der Waals surface area (Å²) in [5, 5.41) is 0. The molecule has 6 rings (SSSR count). The summed E-state index contributed by atoms with van der Waals surface area (Å²) in [7, 11) is 3.00. The van der Waals surface area contributed by atoms with Gasteiger partial charge < -0.3 is 14.4 Å². The molecule has 0 saturated carbocycles. The summed E-state index contributed by atoms with van der Waals surface area (Å²) in [6, 6.07) is 19.2. The third-order valence-corrected chi connectivity index (χ3v) is 6.61. The van der Waals surface area contributed by atoms with Crippen LogP contribution in [0.1, 0.15) is 50.1 Å². The minimum absolute atomic E-state index is 0.0425. The third kappa shape index (κ3) is 3.13. The van der Waals surface area contributed by atoms with Crippen molar-refractivity contribution in [1.29, 1.82) is 0 Å². The second-order valence-corrected chi connectivity index (χ2v) is 8.67. The molecule has 1 amide bonds. The molecule has 31 heavy (non-hydrogen) atoms. The Balaban J connectivity index is 1.62. The number of fused-ring (bicyclic) bond motifs is 1. The standard InChI is InChI=1S/C25H20BrNO4/c1-30-17-7-3-14(4-8-17)13-27-23-18-9-5-15(25(29)31-2)11-20(18)22(24(27)28)21-12-16(26)6-10-19(21)23/h3-12,22-23H,13H2,1-2H3. The van der Waals surface area contributed by atoms with E-state index in [9.17, 15) is 9.59 Å². The minimum Gasteiger partial charge on any atom is -0.497 e. The molecule has 0 fully saturated rings. The van der Waals surface area contributed by atoms with Crippen LogP contribution in [0.4, 0.5) is 0 Å². The van der Waals surface area contributed by atoms with Crippen LogP contribution in [-0.4, -0.2) is 31.0 Å². The van der Waals surface area contributed by atoms with Gasteiger partial charge in [0, 0.05) is 11.0 Å². The van der Waals surface area contributed by atoms with Crippen LogP contribution < -0.4 is 4.74 Å². The summed E-state index contributed by atoms with van der Waals surface area (Å²) in [4.78, 5) is 27.7. The predicted molar refractivity (Wildman–Crippen MR) is 119 cm³/mol. The molecule has 0 aromatic heterocycles. The maximum absolute atomic E-state index is 13.7. The fraction of sp³-hybridized carbons (Fsp3) is 0.200. The minimum atomic E-state index is -0.449. The summed E-state index contributed by atoms with van der Waals surface area (Å²) in [6.45, 7) is 0.498. The molecule has 2 heterocycles. The van der Waals surface area contributed by atoms with Gasteiger partial charge in [-0.1, -0.05) is 40.2 Å². The lowest BCUT2D eigenvalue weighted by Crippen LogP contribution is -2.47. The fourth-order valence-electron chi connectivity index (χ4n) is 4.69. The molecule has 3 aromatic carbocycles. The molecule has 2 bridgehead atoms. The van der Waals surface area contributed by atoms with Crippen molar-refractivity contribution >= 4 is 27.8 Å². The smallest absolute Gasteiger partial charge is 0.337 e. The van der Waals surface area contributed by atoms with Crippen LogP contribution in [0.2, 0.25) is 0 Å². The van der Waals surface area contributed by atoms with Crippen LogP contribution in [0.5, 0.6) is 5.75 Å². The van der Waals surface area contributed by atoms with Gasteiger partial charge >= 0.3 is 5.97 Å². The van der Waals surface area contributed by atoms with Crippen LogP contribution in [-0.2, 0) is 16.1 Å². The van der Waals surface area contributed by atoms with Crippen LogP contribution in [0.15, 0.2) is 65.1 Å². The Morgan fingerprint density at radius 2 is 1.61 bits per heavy atom. The zero-order valence-corrected chi connectivity index (χ0v) is 18.7. The van der Waals surface area contributed by atoms with E-state index in [2.05, 4.69) is 22.0 Å². The highest BCUT2D eigenvalue weighted by atomic mass is 79.9. The lowest BCUT2D eigenvalue weighted by Gasteiger charge is -2.47. The Hall–Kier alpha value is -3.12. The molecule has 2 unspecified atom stereocenters. The predicted octanol–water partition coefficient (Wildman–Crippen LogP) is 4.82. The number of methoxy groups -OCH3 is 2. The lowest BCUT2D eigenvalue weighted by atomic mass is 9.70. The second kappa shape index (κ2) is 7.54. The molecule has 3 aromatic rings. The first kappa shape index (κ1) is 19.8. The molecule has 0 N–H and O–H groups in total. The summed E-state index contributed by atoms with van der Waals surface area (Å²) >= 11 is 3.54. The second-order valence-electron chi connectivity index (χ2n) is 7.76. The zero-order chi connectivity index (χ0) is 21.7. The van der Waals surface area contributed by atoms with Crippen molar-refractivity contribution in [2.24, 2.45) is 0 Å². The van der Waals surface area contributed by atoms with Crippen molar-refractivity contribution < 1.29 is 19.1 Å². The van der Waals surface area contributed by atoms with E-state index in [1.807, 2.05) is 53.4 Å². The maximum atomic E-state index is 13.7. The zero-order valence-electron chi connectivity index (χ0n) is 17.1. The Labute approximate surface area is 188 Å². The van der Waals surface area contributed by atoms with Gasteiger partial charge in [0.15, 0.2) is 0 Å². The molecule has 3 aliphatic rings. The molecular weight excluding hydrogens is 458 g/mol. The van der Waals surface area contributed by atoms with Crippen LogP contribution in [0, 0.1) is 0 Å². The number of carbonyl (C=O) groups excluding carboxylic acids is 2. The average molecular weight is 478 g/mol. The van der Waals surface area contributed by atoms with Crippen molar-refractivity contribution in [3.05, 3.63) is 98.5 Å². The van der Waals surface area contributed by atoms with Gasteiger partial charge in [-0.25, -0.2) is 4.79 Å². The number of amides is 1. The van der Waals surface area contributed by atoms with Crippen LogP contribution in [0.25, 0.3) is 0 Å². The first-order valence-electron chi connectivity index (χ1n) is 9.96. The topological polar surface area (TPSA) is 55.8 Å². The lowest BCUT2D eigenvalue weighted by molar-refractivity contribution is -0.136. The van der Waals surface area contributed by atoms with Gasteiger partial charge in [-0.15, -0.1) is 0 Å². The Morgan fingerprint density at radius 1 is 0.935 bits per heavy atom. The summed E-state index contributed by atoms with van der Waals surface area (Å²) in [6.07, 6.45) is 0. The van der Waals surface area contributed by atoms with E-state index >= 15 is 0 Å².